The van der Waals surface area contributed by atoms with Gasteiger partial charge in [-0.3, -0.25) is 0 Å². The number of rotatable bonds is 3. The number of nitrogens with one attached hydrogen (secondary N) is 2. The second-order valence-electron chi connectivity index (χ2n) is 3.99. The van der Waals surface area contributed by atoms with E-state index < -0.39 is 17.8 Å². The number of halogens is 3. The molecule has 9 heteroatoms. The number of anilines is 1. The Kier molecular flexibility index (Phi) is 3.74. The van der Waals surface area contributed by atoms with Crippen molar-refractivity contribution in [3.05, 3.63) is 30.1 Å². The molecule has 4 N–H and O–H groups in total. The summed E-state index contributed by atoms with van der Waals surface area (Å²) < 4.78 is 44.4. The summed E-state index contributed by atoms with van der Waals surface area (Å²) >= 11 is 0. The van der Waals surface area contributed by atoms with Gasteiger partial charge in [0.15, 0.2) is 5.75 Å². The number of hydrogen-bond acceptors (Lipinski definition) is 3. The molecule has 1 aromatic carbocycles. The second-order valence-corrected chi connectivity index (χ2v) is 3.99. The van der Waals surface area contributed by atoms with Gasteiger partial charge in [0.2, 0.25) is 0 Å². The zero-order chi connectivity index (χ0) is 15.6. The normalized spacial score (nSPS) is 11.2. The lowest BCUT2D eigenvalue weighted by Crippen LogP contribution is -2.20. The molecule has 0 aliphatic rings. The van der Waals surface area contributed by atoms with Crippen molar-refractivity contribution in [1.82, 2.24) is 9.97 Å². The number of amides is 2. The van der Waals surface area contributed by atoms with Gasteiger partial charge < -0.3 is 20.8 Å². The number of benzene rings is 1. The van der Waals surface area contributed by atoms with Crippen molar-refractivity contribution < 1.29 is 22.7 Å². The number of primary amides is 1. The Morgan fingerprint density at radius 3 is 2.62 bits per heavy atom. The first-order chi connectivity index (χ1) is 9.84. The van der Waals surface area contributed by atoms with Crippen molar-refractivity contribution in [3.8, 4) is 17.1 Å². The SMILES string of the molecule is COc1c(NC(N)=O)ccc(C(F)(F)F)c1-c1ncc[nH]1. The Labute approximate surface area is 117 Å². The van der Waals surface area contributed by atoms with Gasteiger partial charge in [-0.25, -0.2) is 9.78 Å². The Bertz CT molecular complexity index is 653. The van der Waals surface area contributed by atoms with E-state index in [1.54, 1.807) is 0 Å². The second kappa shape index (κ2) is 5.35. The molecular weight excluding hydrogens is 289 g/mol. The van der Waals surface area contributed by atoms with Gasteiger partial charge in [0.1, 0.15) is 5.82 Å². The standard InChI is InChI=1S/C12H11F3N4O2/c1-21-9-7(19-11(16)20)3-2-6(12(13,14)15)8(9)10-17-4-5-18-10/h2-5H,1H3,(H,17,18)(H3,16,19,20). The summed E-state index contributed by atoms with van der Waals surface area (Å²) in [5, 5.41) is 2.21. The first kappa shape index (κ1) is 14.7. The van der Waals surface area contributed by atoms with E-state index in [0.717, 1.165) is 12.1 Å². The van der Waals surface area contributed by atoms with Crippen LogP contribution in [0.15, 0.2) is 24.5 Å². The van der Waals surface area contributed by atoms with Crippen LogP contribution in [0.1, 0.15) is 5.56 Å². The maximum absolute atomic E-state index is 13.1. The molecule has 21 heavy (non-hydrogen) atoms. The maximum atomic E-state index is 13.1. The number of carbonyl (C=O) groups excluding carboxylic acids is 1. The van der Waals surface area contributed by atoms with Crippen molar-refractivity contribution in [2.45, 2.75) is 6.18 Å². The number of alkyl halides is 3. The minimum absolute atomic E-state index is 0.0180. The number of nitrogens with zero attached hydrogens (tertiary/aromatic N) is 1. The number of carbonyl (C=O) groups is 1. The first-order valence-corrected chi connectivity index (χ1v) is 5.69. The van der Waals surface area contributed by atoms with Gasteiger partial charge >= 0.3 is 12.2 Å². The number of imidazole rings is 1. The van der Waals surface area contributed by atoms with E-state index in [4.69, 9.17) is 10.5 Å². The minimum atomic E-state index is -4.61. The molecule has 0 aliphatic carbocycles. The van der Waals surface area contributed by atoms with Crippen molar-refractivity contribution in [3.63, 3.8) is 0 Å². The Morgan fingerprint density at radius 1 is 1.43 bits per heavy atom. The number of hydrogen-bond donors (Lipinski definition) is 3. The average molecular weight is 300 g/mol. The highest BCUT2D eigenvalue weighted by atomic mass is 19.4. The molecule has 6 nitrogen and oxygen atoms in total. The molecule has 0 aliphatic heterocycles. The quantitative estimate of drug-likeness (QED) is 0.813. The van der Waals surface area contributed by atoms with Gasteiger partial charge in [0.05, 0.1) is 23.9 Å². The minimum Gasteiger partial charge on any atom is -0.494 e. The van der Waals surface area contributed by atoms with Crippen molar-refractivity contribution >= 4 is 11.7 Å². The van der Waals surface area contributed by atoms with Gasteiger partial charge in [-0.15, -0.1) is 0 Å². The van der Waals surface area contributed by atoms with Crippen LogP contribution in [-0.4, -0.2) is 23.1 Å². The van der Waals surface area contributed by atoms with Crippen LogP contribution in [-0.2, 0) is 6.18 Å². The largest absolute Gasteiger partial charge is 0.494 e. The summed E-state index contributed by atoms with van der Waals surface area (Å²) in [6.45, 7) is 0. The molecule has 0 atom stereocenters. The number of H-pyrrole nitrogens is 1. The van der Waals surface area contributed by atoms with E-state index >= 15 is 0 Å². The predicted molar refractivity (Wildman–Crippen MR) is 68.8 cm³/mol. The highest BCUT2D eigenvalue weighted by molar-refractivity contribution is 5.92. The third-order valence-electron chi connectivity index (χ3n) is 2.66. The highest BCUT2D eigenvalue weighted by Gasteiger charge is 2.36. The van der Waals surface area contributed by atoms with Crippen LogP contribution in [0.2, 0.25) is 0 Å². The molecule has 0 saturated heterocycles. The number of aromatic nitrogens is 2. The van der Waals surface area contributed by atoms with Crippen LogP contribution in [0.4, 0.5) is 23.7 Å². The smallest absolute Gasteiger partial charge is 0.417 e. The van der Waals surface area contributed by atoms with E-state index in [2.05, 4.69) is 15.3 Å². The Balaban J connectivity index is 2.73. The van der Waals surface area contributed by atoms with Crippen LogP contribution in [0.5, 0.6) is 5.75 Å². The van der Waals surface area contributed by atoms with Crippen molar-refractivity contribution in [2.75, 3.05) is 12.4 Å². The zero-order valence-electron chi connectivity index (χ0n) is 10.8. The summed E-state index contributed by atoms with van der Waals surface area (Å²) in [6, 6.07) is 0.975. The molecule has 0 fully saturated rings. The fraction of sp³-hybridized carbons (Fsp3) is 0.167. The molecule has 2 aromatic rings. The molecule has 0 unspecified atom stereocenters. The fourth-order valence-corrected chi connectivity index (χ4v) is 1.90. The molecule has 0 spiro atoms. The van der Waals surface area contributed by atoms with E-state index in [0.29, 0.717) is 0 Å². The molecule has 2 rings (SSSR count). The van der Waals surface area contributed by atoms with E-state index in [1.165, 1.54) is 19.5 Å². The molecule has 0 bridgehead atoms. The van der Waals surface area contributed by atoms with Gasteiger partial charge in [-0.2, -0.15) is 13.2 Å². The average Bonchev–Trinajstić information content (AvgIpc) is 2.89. The number of urea groups is 1. The molecular formula is C12H11F3N4O2. The van der Waals surface area contributed by atoms with Crippen molar-refractivity contribution in [1.29, 1.82) is 0 Å². The monoisotopic (exact) mass is 300 g/mol. The highest BCUT2D eigenvalue weighted by Crippen LogP contribution is 2.44. The summed E-state index contributed by atoms with van der Waals surface area (Å²) in [4.78, 5) is 17.3. The van der Waals surface area contributed by atoms with Crippen molar-refractivity contribution in [2.24, 2.45) is 5.73 Å². The lowest BCUT2D eigenvalue weighted by Gasteiger charge is -2.18. The summed E-state index contributed by atoms with van der Waals surface area (Å²) in [7, 11) is 1.19. The number of aromatic amines is 1. The summed E-state index contributed by atoms with van der Waals surface area (Å²) in [5.74, 6) is -0.217. The lowest BCUT2D eigenvalue weighted by atomic mass is 10.0. The Morgan fingerprint density at radius 2 is 2.14 bits per heavy atom. The fourth-order valence-electron chi connectivity index (χ4n) is 1.90. The third kappa shape index (κ3) is 2.91. The number of nitrogens with two attached hydrogens (primary N) is 1. The van der Waals surface area contributed by atoms with Crippen LogP contribution < -0.4 is 15.8 Å². The van der Waals surface area contributed by atoms with Gasteiger partial charge in [-0.05, 0) is 12.1 Å². The number of methoxy groups -OCH3 is 1. The summed E-state index contributed by atoms with van der Waals surface area (Å²) in [5.41, 5.74) is 3.76. The van der Waals surface area contributed by atoms with E-state index in [-0.39, 0.29) is 22.8 Å². The lowest BCUT2D eigenvalue weighted by molar-refractivity contribution is -0.137. The Hall–Kier alpha value is -2.71. The number of ether oxygens (including phenoxy) is 1. The third-order valence-corrected chi connectivity index (χ3v) is 2.66. The zero-order valence-corrected chi connectivity index (χ0v) is 10.8. The van der Waals surface area contributed by atoms with Gasteiger partial charge in [0.25, 0.3) is 0 Å². The van der Waals surface area contributed by atoms with Crippen LogP contribution in [0.25, 0.3) is 11.4 Å². The van der Waals surface area contributed by atoms with E-state index in [9.17, 15) is 18.0 Å². The topological polar surface area (TPSA) is 93.0 Å². The van der Waals surface area contributed by atoms with E-state index in [1.807, 2.05) is 0 Å². The van der Waals surface area contributed by atoms with Crippen LogP contribution in [0, 0.1) is 0 Å². The molecule has 1 heterocycles. The van der Waals surface area contributed by atoms with Gasteiger partial charge in [-0.1, -0.05) is 0 Å². The maximum Gasteiger partial charge on any atom is 0.417 e. The predicted octanol–water partition coefficient (Wildman–Crippen LogP) is 2.59. The van der Waals surface area contributed by atoms with Crippen LogP contribution in [0.3, 0.4) is 0 Å². The molecule has 0 radical (unpaired) electrons. The van der Waals surface area contributed by atoms with Crippen LogP contribution >= 0.6 is 0 Å². The molecule has 0 saturated carbocycles. The molecule has 112 valence electrons. The first-order valence-electron chi connectivity index (χ1n) is 5.69. The summed E-state index contributed by atoms with van der Waals surface area (Å²) in [6.07, 6.45) is -1.92. The van der Waals surface area contributed by atoms with Gasteiger partial charge in [0, 0.05) is 12.4 Å². The molecule has 1 aromatic heterocycles. The molecule has 2 amide bonds.